The number of hydrogen-bond donors (Lipinski definition) is 3. The van der Waals surface area contributed by atoms with Crippen LogP contribution in [-0.2, 0) is 9.53 Å². The number of carbonyl (C=O) groups excluding carboxylic acids is 1. The Labute approximate surface area is 103 Å². The first-order valence-electron chi connectivity index (χ1n) is 6.40. The van der Waals surface area contributed by atoms with Gasteiger partial charge in [-0.05, 0) is 33.1 Å². The molecule has 0 bridgehead atoms. The summed E-state index contributed by atoms with van der Waals surface area (Å²) in [5, 5.41) is 15.1. The first-order valence-corrected chi connectivity index (χ1v) is 6.40. The molecule has 0 radical (unpaired) electrons. The van der Waals surface area contributed by atoms with Gasteiger partial charge in [0.2, 0.25) is 5.91 Å². The molecule has 1 heterocycles. The van der Waals surface area contributed by atoms with Crippen LogP contribution in [0.5, 0.6) is 0 Å². The SMILES string of the molecule is CC(C)OCCCCNC(=O)C1CC(O)CN1. The molecular weight excluding hydrogens is 220 g/mol. The van der Waals surface area contributed by atoms with Crippen molar-refractivity contribution in [1.82, 2.24) is 10.6 Å². The Kier molecular flexibility index (Phi) is 6.47. The van der Waals surface area contributed by atoms with E-state index < -0.39 is 0 Å². The van der Waals surface area contributed by atoms with Gasteiger partial charge in [0, 0.05) is 19.7 Å². The second kappa shape index (κ2) is 7.63. The predicted molar refractivity (Wildman–Crippen MR) is 65.7 cm³/mol. The molecule has 1 rings (SSSR count). The van der Waals surface area contributed by atoms with E-state index in [-0.39, 0.29) is 24.2 Å². The highest BCUT2D eigenvalue weighted by molar-refractivity contribution is 5.82. The van der Waals surface area contributed by atoms with Crippen LogP contribution in [0.4, 0.5) is 0 Å². The monoisotopic (exact) mass is 244 g/mol. The first-order chi connectivity index (χ1) is 8.09. The number of carbonyl (C=O) groups is 1. The first kappa shape index (κ1) is 14.4. The van der Waals surface area contributed by atoms with Crippen LogP contribution in [0.15, 0.2) is 0 Å². The number of aliphatic hydroxyl groups is 1. The molecular formula is C12H24N2O3. The van der Waals surface area contributed by atoms with E-state index in [0.717, 1.165) is 19.4 Å². The third kappa shape index (κ3) is 6.00. The third-order valence-electron chi connectivity index (χ3n) is 2.75. The molecule has 0 aromatic heterocycles. The zero-order chi connectivity index (χ0) is 12.7. The molecule has 1 amide bonds. The number of β-amino-alcohol motifs (C(OH)–C–C–N with tert-alkyl or cyclic N) is 1. The van der Waals surface area contributed by atoms with Crippen molar-refractivity contribution in [2.75, 3.05) is 19.7 Å². The summed E-state index contributed by atoms with van der Waals surface area (Å²) in [6, 6.07) is -0.225. The van der Waals surface area contributed by atoms with Gasteiger partial charge in [-0.1, -0.05) is 0 Å². The summed E-state index contributed by atoms with van der Waals surface area (Å²) in [5.74, 6) is -0.00803. The summed E-state index contributed by atoms with van der Waals surface area (Å²) in [6.45, 7) is 5.96. The normalized spacial score (nSPS) is 24.2. The number of ether oxygens (including phenoxy) is 1. The van der Waals surface area contributed by atoms with Crippen LogP contribution < -0.4 is 10.6 Å². The number of nitrogens with one attached hydrogen (secondary N) is 2. The van der Waals surface area contributed by atoms with E-state index in [2.05, 4.69) is 10.6 Å². The standard InChI is InChI=1S/C12H24N2O3/c1-9(2)17-6-4-3-5-13-12(16)11-7-10(15)8-14-11/h9-11,14-15H,3-8H2,1-2H3,(H,13,16). The minimum Gasteiger partial charge on any atom is -0.392 e. The molecule has 3 N–H and O–H groups in total. The zero-order valence-corrected chi connectivity index (χ0v) is 10.7. The number of aliphatic hydroxyl groups excluding tert-OH is 1. The largest absolute Gasteiger partial charge is 0.392 e. The summed E-state index contributed by atoms with van der Waals surface area (Å²) < 4.78 is 5.40. The average Bonchev–Trinajstić information content (AvgIpc) is 2.69. The Balaban J connectivity index is 1.97. The molecule has 0 spiro atoms. The average molecular weight is 244 g/mol. The molecule has 5 nitrogen and oxygen atoms in total. The quantitative estimate of drug-likeness (QED) is 0.553. The minimum absolute atomic E-state index is 0.00803. The number of amides is 1. The highest BCUT2D eigenvalue weighted by Crippen LogP contribution is 2.05. The van der Waals surface area contributed by atoms with Crippen molar-refractivity contribution in [2.24, 2.45) is 0 Å². The highest BCUT2D eigenvalue weighted by atomic mass is 16.5. The summed E-state index contributed by atoms with van der Waals surface area (Å²) in [6.07, 6.45) is 2.29. The smallest absolute Gasteiger partial charge is 0.237 e. The fraction of sp³-hybridized carbons (Fsp3) is 0.917. The second-order valence-electron chi connectivity index (χ2n) is 4.77. The maximum atomic E-state index is 11.6. The van der Waals surface area contributed by atoms with Crippen LogP contribution in [0.1, 0.15) is 33.1 Å². The van der Waals surface area contributed by atoms with Gasteiger partial charge in [-0.25, -0.2) is 0 Å². The van der Waals surface area contributed by atoms with E-state index in [1.807, 2.05) is 13.8 Å². The van der Waals surface area contributed by atoms with E-state index in [4.69, 9.17) is 4.74 Å². The summed E-state index contributed by atoms with van der Waals surface area (Å²) in [7, 11) is 0. The van der Waals surface area contributed by atoms with Gasteiger partial charge in [0.25, 0.3) is 0 Å². The molecule has 2 unspecified atom stereocenters. The van der Waals surface area contributed by atoms with Crippen molar-refractivity contribution in [3.05, 3.63) is 0 Å². The zero-order valence-electron chi connectivity index (χ0n) is 10.7. The summed E-state index contributed by atoms with van der Waals surface area (Å²) >= 11 is 0. The van der Waals surface area contributed by atoms with E-state index in [0.29, 0.717) is 19.5 Å². The predicted octanol–water partition coefficient (Wildman–Crippen LogP) is 0.0306. The Bertz CT molecular complexity index is 234. The molecule has 1 aliphatic heterocycles. The second-order valence-corrected chi connectivity index (χ2v) is 4.77. The molecule has 0 aromatic rings. The van der Waals surface area contributed by atoms with Crippen molar-refractivity contribution in [1.29, 1.82) is 0 Å². The lowest BCUT2D eigenvalue weighted by molar-refractivity contribution is -0.122. The molecule has 0 aromatic carbocycles. The molecule has 1 saturated heterocycles. The van der Waals surface area contributed by atoms with Gasteiger partial charge < -0.3 is 20.5 Å². The lowest BCUT2D eigenvalue weighted by atomic mass is 10.2. The van der Waals surface area contributed by atoms with E-state index >= 15 is 0 Å². The van der Waals surface area contributed by atoms with E-state index in [9.17, 15) is 9.90 Å². The van der Waals surface area contributed by atoms with Crippen LogP contribution in [0, 0.1) is 0 Å². The summed E-state index contributed by atoms with van der Waals surface area (Å²) in [4.78, 5) is 11.6. The fourth-order valence-corrected chi connectivity index (χ4v) is 1.80. The molecule has 17 heavy (non-hydrogen) atoms. The lowest BCUT2D eigenvalue weighted by Crippen LogP contribution is -2.40. The topological polar surface area (TPSA) is 70.6 Å². The van der Waals surface area contributed by atoms with Gasteiger partial charge in [0.15, 0.2) is 0 Å². The Hall–Kier alpha value is -0.650. The molecule has 0 aliphatic carbocycles. The van der Waals surface area contributed by atoms with Crippen LogP contribution in [0.3, 0.4) is 0 Å². The van der Waals surface area contributed by atoms with Gasteiger partial charge in [0.1, 0.15) is 0 Å². The Morgan fingerprint density at radius 3 is 2.88 bits per heavy atom. The highest BCUT2D eigenvalue weighted by Gasteiger charge is 2.27. The Morgan fingerprint density at radius 1 is 1.53 bits per heavy atom. The van der Waals surface area contributed by atoms with Crippen LogP contribution in [0.2, 0.25) is 0 Å². The number of unbranched alkanes of at least 4 members (excludes halogenated alkanes) is 1. The number of rotatable bonds is 7. The molecule has 0 saturated carbocycles. The molecule has 1 aliphatic rings. The van der Waals surface area contributed by atoms with Crippen molar-refractivity contribution in [3.63, 3.8) is 0 Å². The van der Waals surface area contributed by atoms with Crippen LogP contribution in [0.25, 0.3) is 0 Å². The summed E-state index contributed by atoms with van der Waals surface area (Å²) in [5.41, 5.74) is 0. The van der Waals surface area contributed by atoms with Gasteiger partial charge in [-0.15, -0.1) is 0 Å². The van der Waals surface area contributed by atoms with E-state index in [1.165, 1.54) is 0 Å². The molecule has 100 valence electrons. The van der Waals surface area contributed by atoms with Crippen molar-refractivity contribution in [2.45, 2.75) is 51.4 Å². The van der Waals surface area contributed by atoms with Gasteiger partial charge in [0.05, 0.1) is 18.2 Å². The number of hydrogen-bond acceptors (Lipinski definition) is 4. The van der Waals surface area contributed by atoms with Crippen LogP contribution in [-0.4, -0.2) is 49.0 Å². The van der Waals surface area contributed by atoms with Crippen molar-refractivity contribution in [3.8, 4) is 0 Å². The lowest BCUT2D eigenvalue weighted by Gasteiger charge is -2.11. The van der Waals surface area contributed by atoms with Crippen LogP contribution >= 0.6 is 0 Å². The minimum atomic E-state index is -0.384. The van der Waals surface area contributed by atoms with Crippen molar-refractivity contribution < 1.29 is 14.6 Å². The van der Waals surface area contributed by atoms with Crippen molar-refractivity contribution >= 4 is 5.91 Å². The molecule has 1 fully saturated rings. The fourth-order valence-electron chi connectivity index (χ4n) is 1.80. The maximum Gasteiger partial charge on any atom is 0.237 e. The maximum absolute atomic E-state index is 11.6. The Morgan fingerprint density at radius 2 is 2.29 bits per heavy atom. The molecule has 5 heteroatoms. The van der Waals surface area contributed by atoms with Gasteiger partial charge in [-0.2, -0.15) is 0 Å². The van der Waals surface area contributed by atoms with Gasteiger partial charge in [-0.3, -0.25) is 4.79 Å². The van der Waals surface area contributed by atoms with E-state index in [1.54, 1.807) is 0 Å². The molecule has 2 atom stereocenters. The van der Waals surface area contributed by atoms with Gasteiger partial charge >= 0.3 is 0 Å². The third-order valence-corrected chi connectivity index (χ3v) is 2.75.